The van der Waals surface area contributed by atoms with Crippen molar-refractivity contribution >= 4 is 21.6 Å². The number of sulfonamides is 1. The lowest BCUT2D eigenvalue weighted by Gasteiger charge is -2.36. The predicted molar refractivity (Wildman–Crippen MR) is 113 cm³/mol. The zero-order valence-electron chi connectivity index (χ0n) is 17.3. The van der Waals surface area contributed by atoms with E-state index in [2.05, 4.69) is 15.4 Å². The molecule has 11 heteroatoms. The third kappa shape index (κ3) is 5.97. The van der Waals surface area contributed by atoms with Crippen molar-refractivity contribution in [1.82, 2.24) is 14.9 Å². The van der Waals surface area contributed by atoms with Crippen LogP contribution in [0.3, 0.4) is 0 Å². The molecule has 2 atom stereocenters. The Hall–Kier alpha value is -2.08. The van der Waals surface area contributed by atoms with E-state index in [0.717, 1.165) is 18.5 Å². The van der Waals surface area contributed by atoms with Gasteiger partial charge in [0.05, 0.1) is 17.9 Å². The maximum absolute atomic E-state index is 12.8. The van der Waals surface area contributed by atoms with Gasteiger partial charge in [0.25, 0.3) is 5.91 Å². The highest BCUT2D eigenvalue weighted by Crippen LogP contribution is 2.37. The van der Waals surface area contributed by atoms with E-state index in [-0.39, 0.29) is 11.8 Å². The first-order valence-corrected chi connectivity index (χ1v) is 11.9. The highest BCUT2D eigenvalue weighted by molar-refractivity contribution is 7.88. The Bertz CT molecular complexity index is 863. The molecule has 0 aliphatic carbocycles. The van der Waals surface area contributed by atoms with E-state index in [4.69, 9.17) is 9.47 Å². The second-order valence-corrected chi connectivity index (χ2v) is 9.42. The lowest BCUT2D eigenvalue weighted by Crippen LogP contribution is -2.49. The van der Waals surface area contributed by atoms with Crippen LogP contribution in [0.4, 0.5) is 5.69 Å². The van der Waals surface area contributed by atoms with Crippen molar-refractivity contribution in [3.8, 4) is 11.5 Å². The molecule has 30 heavy (non-hydrogen) atoms. The van der Waals surface area contributed by atoms with Crippen LogP contribution in [0.25, 0.3) is 0 Å². The highest BCUT2D eigenvalue weighted by atomic mass is 32.2. The average molecular weight is 443 g/mol. The zero-order chi connectivity index (χ0) is 21.7. The standard InChI is InChI=1S/C19H30N4O6S/c1-20-14-9-15(18-17(10-14)28-7-8-29-18)19(25)21-11-13-3-5-23(12-16(13)24)6-4-22-30(2,26)27/h9-10,13,16,20,22,24H,3-8,11-12H2,1-2H3,(H,21,25)/t13-,16+/m0/s1. The SMILES string of the molecule is CNc1cc2c(c(C(=O)NC[C@@H]3CCN(CCNS(C)(=O)=O)C[C@H]3O)c1)OCCO2. The molecule has 2 aliphatic heterocycles. The summed E-state index contributed by atoms with van der Waals surface area (Å²) in [6, 6.07) is 3.51. The minimum atomic E-state index is -3.22. The smallest absolute Gasteiger partial charge is 0.255 e. The van der Waals surface area contributed by atoms with Crippen molar-refractivity contribution in [2.75, 3.05) is 64.6 Å². The van der Waals surface area contributed by atoms with Crippen LogP contribution in [0, 0.1) is 5.92 Å². The number of hydrogen-bond donors (Lipinski definition) is 4. The summed E-state index contributed by atoms with van der Waals surface area (Å²) in [4.78, 5) is 14.8. The lowest BCUT2D eigenvalue weighted by atomic mass is 9.93. The second kappa shape index (κ2) is 9.82. The molecule has 3 rings (SSSR count). The lowest BCUT2D eigenvalue weighted by molar-refractivity contribution is 0.0231. The number of carbonyl (C=O) groups is 1. The van der Waals surface area contributed by atoms with Gasteiger partial charge in [0.2, 0.25) is 10.0 Å². The molecule has 168 valence electrons. The molecule has 2 heterocycles. The summed E-state index contributed by atoms with van der Waals surface area (Å²) in [5.41, 5.74) is 1.15. The van der Waals surface area contributed by atoms with Gasteiger partial charge >= 0.3 is 0 Å². The van der Waals surface area contributed by atoms with Gasteiger partial charge in [-0.3, -0.25) is 9.69 Å². The highest BCUT2D eigenvalue weighted by Gasteiger charge is 2.29. The van der Waals surface area contributed by atoms with E-state index in [1.54, 1.807) is 19.2 Å². The fourth-order valence-electron chi connectivity index (χ4n) is 3.66. The number of fused-ring (bicyclic) bond motifs is 1. The number of aliphatic hydroxyl groups excluding tert-OH is 1. The third-order valence-corrected chi connectivity index (χ3v) is 6.03. The minimum Gasteiger partial charge on any atom is -0.486 e. The number of benzene rings is 1. The number of anilines is 1. The van der Waals surface area contributed by atoms with Gasteiger partial charge in [0, 0.05) is 50.9 Å². The van der Waals surface area contributed by atoms with Crippen molar-refractivity contribution in [2.24, 2.45) is 5.92 Å². The van der Waals surface area contributed by atoms with E-state index in [1.807, 2.05) is 4.90 Å². The molecule has 2 aliphatic rings. The molecule has 4 N–H and O–H groups in total. The van der Waals surface area contributed by atoms with E-state index >= 15 is 0 Å². The number of rotatable bonds is 8. The van der Waals surface area contributed by atoms with Crippen molar-refractivity contribution in [3.05, 3.63) is 17.7 Å². The number of hydrogen-bond acceptors (Lipinski definition) is 8. The summed E-state index contributed by atoms with van der Waals surface area (Å²) in [5, 5.41) is 16.4. The molecule has 1 amide bonds. The average Bonchev–Trinajstić information content (AvgIpc) is 2.71. The quantitative estimate of drug-likeness (QED) is 0.423. The van der Waals surface area contributed by atoms with Gasteiger partial charge in [-0.15, -0.1) is 0 Å². The molecular formula is C19H30N4O6S. The summed E-state index contributed by atoms with van der Waals surface area (Å²) >= 11 is 0. The largest absolute Gasteiger partial charge is 0.486 e. The van der Waals surface area contributed by atoms with E-state index in [9.17, 15) is 18.3 Å². The molecular weight excluding hydrogens is 412 g/mol. The Morgan fingerprint density at radius 2 is 2.07 bits per heavy atom. The molecule has 0 bridgehead atoms. The summed E-state index contributed by atoms with van der Waals surface area (Å²) in [5.74, 6) is 0.621. The molecule has 10 nitrogen and oxygen atoms in total. The molecule has 0 aromatic heterocycles. The molecule has 1 saturated heterocycles. The Balaban J connectivity index is 1.53. The van der Waals surface area contributed by atoms with Gasteiger partial charge in [-0.05, 0) is 19.0 Å². The predicted octanol–water partition coefficient (Wildman–Crippen LogP) is -0.539. The summed E-state index contributed by atoms with van der Waals surface area (Å²) < 4.78 is 36.0. The number of nitrogens with zero attached hydrogens (tertiary/aromatic N) is 1. The maximum Gasteiger partial charge on any atom is 0.255 e. The third-order valence-electron chi connectivity index (χ3n) is 5.30. The van der Waals surface area contributed by atoms with Crippen LogP contribution in [0.15, 0.2) is 12.1 Å². The Kier molecular flexibility index (Phi) is 7.40. The molecule has 1 aromatic rings. The van der Waals surface area contributed by atoms with E-state index in [1.165, 1.54) is 0 Å². The number of ether oxygens (including phenoxy) is 2. The van der Waals surface area contributed by atoms with Crippen LogP contribution < -0.4 is 24.8 Å². The Morgan fingerprint density at radius 3 is 2.77 bits per heavy atom. The minimum absolute atomic E-state index is 0.0754. The zero-order valence-corrected chi connectivity index (χ0v) is 18.1. The summed E-state index contributed by atoms with van der Waals surface area (Å²) in [7, 11) is -1.45. The van der Waals surface area contributed by atoms with Crippen molar-refractivity contribution in [3.63, 3.8) is 0 Å². The first-order chi connectivity index (χ1) is 14.3. The van der Waals surface area contributed by atoms with Gasteiger partial charge in [-0.25, -0.2) is 13.1 Å². The normalized spacial score (nSPS) is 21.8. The van der Waals surface area contributed by atoms with E-state index in [0.29, 0.717) is 62.9 Å². The van der Waals surface area contributed by atoms with Gasteiger partial charge < -0.3 is 25.2 Å². The number of piperidine rings is 1. The van der Waals surface area contributed by atoms with Crippen LogP contribution >= 0.6 is 0 Å². The first kappa shape index (κ1) is 22.6. The molecule has 0 saturated carbocycles. The fourth-order valence-corrected chi connectivity index (χ4v) is 4.12. The van der Waals surface area contributed by atoms with Crippen molar-refractivity contribution in [2.45, 2.75) is 12.5 Å². The number of aliphatic hydroxyl groups is 1. The van der Waals surface area contributed by atoms with Crippen LogP contribution in [0.5, 0.6) is 11.5 Å². The number of carbonyl (C=O) groups excluding carboxylic acids is 1. The van der Waals surface area contributed by atoms with Crippen LogP contribution in [0.1, 0.15) is 16.8 Å². The van der Waals surface area contributed by atoms with E-state index < -0.39 is 16.1 Å². The molecule has 0 spiro atoms. The second-order valence-electron chi connectivity index (χ2n) is 7.59. The summed E-state index contributed by atoms with van der Waals surface area (Å²) in [6.45, 7) is 3.17. The molecule has 1 fully saturated rings. The van der Waals surface area contributed by atoms with Gasteiger partial charge in [0.15, 0.2) is 11.5 Å². The Morgan fingerprint density at radius 1 is 1.30 bits per heavy atom. The number of amides is 1. The maximum atomic E-state index is 12.8. The molecule has 0 unspecified atom stereocenters. The number of nitrogens with one attached hydrogen (secondary N) is 3. The fraction of sp³-hybridized carbons (Fsp3) is 0.632. The van der Waals surface area contributed by atoms with Gasteiger partial charge in [-0.2, -0.15) is 0 Å². The molecule has 1 aromatic carbocycles. The summed E-state index contributed by atoms with van der Waals surface area (Å²) in [6.07, 6.45) is 1.22. The first-order valence-electron chi connectivity index (χ1n) is 10.0. The number of likely N-dealkylation sites (tertiary alicyclic amines) is 1. The number of β-amino-alcohol motifs (C(OH)–C–C–N with tert-alkyl or cyclic N) is 1. The van der Waals surface area contributed by atoms with Crippen LogP contribution in [0.2, 0.25) is 0 Å². The van der Waals surface area contributed by atoms with Gasteiger partial charge in [0.1, 0.15) is 13.2 Å². The van der Waals surface area contributed by atoms with Crippen LogP contribution in [-0.2, 0) is 10.0 Å². The monoisotopic (exact) mass is 442 g/mol. The Labute approximate surface area is 177 Å². The molecule has 0 radical (unpaired) electrons. The topological polar surface area (TPSA) is 129 Å². The van der Waals surface area contributed by atoms with Crippen molar-refractivity contribution in [1.29, 1.82) is 0 Å². The van der Waals surface area contributed by atoms with Gasteiger partial charge in [-0.1, -0.05) is 0 Å². The van der Waals surface area contributed by atoms with Crippen molar-refractivity contribution < 1.29 is 27.8 Å². The van der Waals surface area contributed by atoms with Crippen LogP contribution in [-0.4, -0.2) is 89.7 Å².